The van der Waals surface area contributed by atoms with E-state index in [9.17, 15) is 0 Å². The first-order valence-corrected chi connectivity index (χ1v) is 7.98. The maximum Gasteiger partial charge on any atom is 0.138 e. The highest BCUT2D eigenvalue weighted by Gasteiger charge is 2.15. The summed E-state index contributed by atoms with van der Waals surface area (Å²) < 4.78 is 2.00. The van der Waals surface area contributed by atoms with Gasteiger partial charge >= 0.3 is 0 Å². The van der Waals surface area contributed by atoms with Gasteiger partial charge in [0.15, 0.2) is 0 Å². The van der Waals surface area contributed by atoms with Crippen molar-refractivity contribution in [3.8, 4) is 0 Å². The molecule has 1 unspecified atom stereocenters. The molecule has 1 N–H and O–H groups in total. The predicted molar refractivity (Wildman–Crippen MR) is 86.5 cm³/mol. The number of benzene rings is 1. The normalized spacial score (nSPS) is 12.5. The van der Waals surface area contributed by atoms with E-state index < -0.39 is 0 Å². The third-order valence-electron chi connectivity index (χ3n) is 3.43. The van der Waals surface area contributed by atoms with Crippen LogP contribution in [0.1, 0.15) is 44.1 Å². The Bertz CT molecular complexity index is 535. The van der Waals surface area contributed by atoms with Crippen molar-refractivity contribution >= 4 is 11.6 Å². The minimum atomic E-state index is 0.238. The van der Waals surface area contributed by atoms with Crippen molar-refractivity contribution in [1.82, 2.24) is 20.1 Å². The number of aromatic nitrogens is 3. The third kappa shape index (κ3) is 4.55. The SMILES string of the molecule is CCCNC(Cc1ncnn1CCC)c1ccc(Cl)cc1. The topological polar surface area (TPSA) is 42.7 Å². The molecule has 1 aromatic carbocycles. The average molecular weight is 307 g/mol. The van der Waals surface area contributed by atoms with Gasteiger partial charge < -0.3 is 5.32 Å². The van der Waals surface area contributed by atoms with E-state index in [4.69, 9.17) is 11.6 Å². The fourth-order valence-corrected chi connectivity index (χ4v) is 2.47. The summed E-state index contributed by atoms with van der Waals surface area (Å²) in [6, 6.07) is 8.27. The summed E-state index contributed by atoms with van der Waals surface area (Å²) >= 11 is 5.98. The van der Waals surface area contributed by atoms with E-state index in [0.717, 1.165) is 43.2 Å². The van der Waals surface area contributed by atoms with Crippen LogP contribution in [0.25, 0.3) is 0 Å². The maximum atomic E-state index is 5.98. The van der Waals surface area contributed by atoms with Crippen LogP contribution in [0, 0.1) is 0 Å². The van der Waals surface area contributed by atoms with Gasteiger partial charge in [-0.3, -0.25) is 4.68 Å². The van der Waals surface area contributed by atoms with Gasteiger partial charge in [0, 0.05) is 24.0 Å². The van der Waals surface area contributed by atoms with Crippen molar-refractivity contribution < 1.29 is 0 Å². The highest BCUT2D eigenvalue weighted by molar-refractivity contribution is 6.30. The second-order valence-electron chi connectivity index (χ2n) is 5.16. The molecule has 2 rings (SSSR count). The standard InChI is InChI=1S/C16H23ClN4/c1-3-9-18-15(13-5-7-14(17)8-6-13)11-16-19-12-20-21(16)10-4-2/h5-8,12,15,18H,3-4,9-11H2,1-2H3. The molecule has 1 aromatic heterocycles. The van der Waals surface area contributed by atoms with Gasteiger partial charge in [0.1, 0.15) is 12.2 Å². The van der Waals surface area contributed by atoms with Gasteiger partial charge in [-0.15, -0.1) is 0 Å². The van der Waals surface area contributed by atoms with Crippen LogP contribution in [0.3, 0.4) is 0 Å². The zero-order chi connectivity index (χ0) is 15.1. The van der Waals surface area contributed by atoms with Crippen molar-refractivity contribution in [2.45, 2.75) is 45.7 Å². The molecular formula is C16H23ClN4. The molecule has 0 aliphatic carbocycles. The van der Waals surface area contributed by atoms with E-state index in [1.807, 2.05) is 16.8 Å². The summed E-state index contributed by atoms with van der Waals surface area (Å²) in [6.45, 7) is 6.22. The van der Waals surface area contributed by atoms with Crippen LogP contribution in [0.5, 0.6) is 0 Å². The lowest BCUT2D eigenvalue weighted by molar-refractivity contribution is 0.488. The number of nitrogens with zero attached hydrogens (tertiary/aromatic N) is 3. The van der Waals surface area contributed by atoms with Gasteiger partial charge in [-0.25, -0.2) is 4.98 Å². The Labute approximate surface area is 131 Å². The van der Waals surface area contributed by atoms with Crippen molar-refractivity contribution in [2.24, 2.45) is 0 Å². The van der Waals surface area contributed by atoms with Gasteiger partial charge in [-0.2, -0.15) is 5.10 Å². The van der Waals surface area contributed by atoms with Crippen LogP contribution in [0.2, 0.25) is 5.02 Å². The molecule has 1 heterocycles. The summed E-state index contributed by atoms with van der Waals surface area (Å²) in [5, 5.41) is 8.66. The number of aryl methyl sites for hydroxylation is 1. The number of nitrogens with one attached hydrogen (secondary N) is 1. The first-order valence-electron chi connectivity index (χ1n) is 7.60. The van der Waals surface area contributed by atoms with Gasteiger partial charge in [0.25, 0.3) is 0 Å². The first kappa shape index (κ1) is 16.0. The van der Waals surface area contributed by atoms with E-state index in [0.29, 0.717) is 0 Å². The highest BCUT2D eigenvalue weighted by atomic mass is 35.5. The molecule has 2 aromatic rings. The average Bonchev–Trinajstić information content (AvgIpc) is 2.92. The van der Waals surface area contributed by atoms with E-state index >= 15 is 0 Å². The molecule has 0 radical (unpaired) electrons. The fourth-order valence-electron chi connectivity index (χ4n) is 2.35. The van der Waals surface area contributed by atoms with E-state index in [2.05, 4.69) is 41.4 Å². The predicted octanol–water partition coefficient (Wildman–Crippen LogP) is 3.62. The van der Waals surface area contributed by atoms with Crippen LogP contribution in [-0.2, 0) is 13.0 Å². The molecule has 0 bridgehead atoms. The van der Waals surface area contributed by atoms with E-state index in [1.165, 1.54) is 5.56 Å². The van der Waals surface area contributed by atoms with Gasteiger partial charge in [-0.05, 0) is 37.1 Å². The van der Waals surface area contributed by atoms with Crippen molar-refractivity contribution in [3.05, 3.63) is 47.0 Å². The smallest absolute Gasteiger partial charge is 0.138 e. The molecule has 0 amide bonds. The van der Waals surface area contributed by atoms with Crippen LogP contribution >= 0.6 is 11.6 Å². The lowest BCUT2D eigenvalue weighted by atomic mass is 10.0. The molecule has 114 valence electrons. The monoisotopic (exact) mass is 306 g/mol. The number of hydrogen-bond acceptors (Lipinski definition) is 3. The zero-order valence-electron chi connectivity index (χ0n) is 12.7. The molecule has 5 heteroatoms. The summed E-state index contributed by atoms with van der Waals surface area (Å²) in [5.41, 5.74) is 1.24. The molecule has 0 aliphatic rings. The number of halogens is 1. The molecule has 0 aliphatic heterocycles. The minimum absolute atomic E-state index is 0.238. The van der Waals surface area contributed by atoms with Crippen LogP contribution < -0.4 is 5.32 Å². The summed E-state index contributed by atoms with van der Waals surface area (Å²) in [7, 11) is 0. The zero-order valence-corrected chi connectivity index (χ0v) is 13.5. The Morgan fingerprint density at radius 3 is 2.62 bits per heavy atom. The lowest BCUT2D eigenvalue weighted by Crippen LogP contribution is -2.25. The molecule has 4 nitrogen and oxygen atoms in total. The molecular weight excluding hydrogens is 284 g/mol. The second-order valence-corrected chi connectivity index (χ2v) is 5.60. The fraction of sp³-hybridized carbons (Fsp3) is 0.500. The Morgan fingerprint density at radius 2 is 1.95 bits per heavy atom. The summed E-state index contributed by atoms with van der Waals surface area (Å²) in [4.78, 5) is 4.41. The first-order chi connectivity index (χ1) is 10.2. The molecule has 0 saturated carbocycles. The molecule has 21 heavy (non-hydrogen) atoms. The summed E-state index contributed by atoms with van der Waals surface area (Å²) in [5.74, 6) is 1.03. The van der Waals surface area contributed by atoms with Crippen molar-refractivity contribution in [2.75, 3.05) is 6.54 Å². The summed E-state index contributed by atoms with van der Waals surface area (Å²) in [6.07, 6.45) is 4.64. The van der Waals surface area contributed by atoms with Gasteiger partial charge in [0.05, 0.1) is 0 Å². The van der Waals surface area contributed by atoms with Crippen LogP contribution in [-0.4, -0.2) is 21.3 Å². The van der Waals surface area contributed by atoms with Gasteiger partial charge in [0.2, 0.25) is 0 Å². The van der Waals surface area contributed by atoms with Crippen LogP contribution in [0.4, 0.5) is 0 Å². The highest BCUT2D eigenvalue weighted by Crippen LogP contribution is 2.20. The Kier molecular flexibility index (Phi) is 6.21. The molecule has 0 spiro atoms. The Balaban J connectivity index is 2.15. The van der Waals surface area contributed by atoms with Crippen molar-refractivity contribution in [3.63, 3.8) is 0 Å². The quantitative estimate of drug-likeness (QED) is 0.810. The number of rotatable bonds is 8. The lowest BCUT2D eigenvalue weighted by Gasteiger charge is -2.19. The van der Waals surface area contributed by atoms with E-state index in [1.54, 1.807) is 6.33 Å². The van der Waals surface area contributed by atoms with Crippen molar-refractivity contribution in [1.29, 1.82) is 0 Å². The molecule has 0 saturated heterocycles. The Hall–Kier alpha value is -1.39. The number of hydrogen-bond donors (Lipinski definition) is 1. The Morgan fingerprint density at radius 1 is 1.19 bits per heavy atom. The largest absolute Gasteiger partial charge is 0.310 e. The maximum absolute atomic E-state index is 5.98. The second kappa shape index (κ2) is 8.15. The third-order valence-corrected chi connectivity index (χ3v) is 3.68. The molecule has 1 atom stereocenters. The minimum Gasteiger partial charge on any atom is -0.310 e. The van der Waals surface area contributed by atoms with E-state index in [-0.39, 0.29) is 6.04 Å². The van der Waals surface area contributed by atoms with Gasteiger partial charge in [-0.1, -0.05) is 37.6 Å². The van der Waals surface area contributed by atoms with Crippen LogP contribution in [0.15, 0.2) is 30.6 Å². The molecule has 0 fully saturated rings.